The first-order valence-electron chi connectivity index (χ1n) is 8.84. The van der Waals surface area contributed by atoms with Gasteiger partial charge >= 0.3 is 6.09 Å². The first kappa shape index (κ1) is 19.6. The molecule has 2 rings (SSSR count). The molecular weight excluding hydrogens is 336 g/mol. The van der Waals surface area contributed by atoms with Gasteiger partial charge < -0.3 is 20.3 Å². The molecule has 0 aliphatic carbocycles. The summed E-state index contributed by atoms with van der Waals surface area (Å²) in [5.74, 6) is 0.906. The van der Waals surface area contributed by atoms with Gasteiger partial charge in [-0.1, -0.05) is 0 Å². The molecular formula is C18H30N4O2S. The van der Waals surface area contributed by atoms with Crippen molar-refractivity contribution in [2.45, 2.75) is 59.2 Å². The molecule has 1 aliphatic heterocycles. The van der Waals surface area contributed by atoms with Crippen LogP contribution in [0.25, 0.3) is 0 Å². The third-order valence-electron chi connectivity index (χ3n) is 3.88. The molecule has 140 valence electrons. The van der Waals surface area contributed by atoms with E-state index in [0.717, 1.165) is 32.0 Å². The number of thiophene rings is 1. The number of aryl methyl sites for hydroxylation is 1. The zero-order valence-electron chi connectivity index (χ0n) is 15.9. The Morgan fingerprint density at radius 3 is 2.84 bits per heavy atom. The van der Waals surface area contributed by atoms with Crippen molar-refractivity contribution in [2.24, 2.45) is 4.99 Å². The van der Waals surface area contributed by atoms with Gasteiger partial charge in [0.25, 0.3) is 0 Å². The van der Waals surface area contributed by atoms with Crippen LogP contribution in [0.4, 0.5) is 4.79 Å². The Labute approximate surface area is 154 Å². The van der Waals surface area contributed by atoms with E-state index in [2.05, 4.69) is 40.8 Å². The zero-order chi connectivity index (χ0) is 18.4. The van der Waals surface area contributed by atoms with Gasteiger partial charge in [0.1, 0.15) is 5.60 Å². The van der Waals surface area contributed by atoms with Crippen LogP contribution in [0.3, 0.4) is 0 Å². The number of amides is 1. The Bertz CT molecular complexity index is 606. The van der Waals surface area contributed by atoms with E-state index in [1.165, 1.54) is 10.4 Å². The Hall–Kier alpha value is -1.76. The van der Waals surface area contributed by atoms with Crippen LogP contribution in [0.15, 0.2) is 16.4 Å². The maximum atomic E-state index is 11.9. The van der Waals surface area contributed by atoms with Crippen LogP contribution in [0.2, 0.25) is 0 Å². The van der Waals surface area contributed by atoms with Crippen LogP contribution in [-0.4, -0.2) is 48.2 Å². The molecule has 1 atom stereocenters. The molecule has 7 heteroatoms. The molecule has 2 N–H and O–H groups in total. The smallest absolute Gasteiger partial charge is 0.407 e. The zero-order valence-corrected chi connectivity index (χ0v) is 16.7. The molecule has 1 aromatic rings. The van der Waals surface area contributed by atoms with Gasteiger partial charge in [0, 0.05) is 24.5 Å². The first-order chi connectivity index (χ1) is 11.8. The highest BCUT2D eigenvalue weighted by Crippen LogP contribution is 2.17. The molecule has 1 aromatic heterocycles. The summed E-state index contributed by atoms with van der Waals surface area (Å²) < 4.78 is 5.34. The van der Waals surface area contributed by atoms with Crippen LogP contribution >= 0.6 is 11.3 Å². The number of nitrogens with zero attached hydrogens (tertiary/aromatic N) is 2. The van der Waals surface area contributed by atoms with Gasteiger partial charge in [-0.05, 0) is 58.0 Å². The van der Waals surface area contributed by atoms with E-state index in [9.17, 15) is 4.79 Å². The lowest BCUT2D eigenvalue weighted by atomic mass is 10.2. The van der Waals surface area contributed by atoms with Crippen LogP contribution in [0.1, 0.15) is 44.6 Å². The van der Waals surface area contributed by atoms with Crippen molar-refractivity contribution in [3.8, 4) is 0 Å². The third kappa shape index (κ3) is 6.23. The number of guanidine groups is 1. The highest BCUT2D eigenvalue weighted by Gasteiger charge is 2.27. The van der Waals surface area contributed by atoms with Crippen LogP contribution in [-0.2, 0) is 11.3 Å². The number of carbonyl (C=O) groups is 1. The molecule has 0 saturated carbocycles. The van der Waals surface area contributed by atoms with Gasteiger partial charge in [-0.25, -0.2) is 9.79 Å². The average Bonchev–Trinajstić information content (AvgIpc) is 3.11. The van der Waals surface area contributed by atoms with Crippen molar-refractivity contribution in [1.29, 1.82) is 0 Å². The summed E-state index contributed by atoms with van der Waals surface area (Å²) in [6.45, 7) is 12.9. The normalized spacial score (nSPS) is 18.4. The molecule has 1 fully saturated rings. The Morgan fingerprint density at radius 2 is 2.24 bits per heavy atom. The second-order valence-electron chi connectivity index (χ2n) is 7.27. The maximum Gasteiger partial charge on any atom is 0.407 e. The Morgan fingerprint density at radius 1 is 1.48 bits per heavy atom. The largest absolute Gasteiger partial charge is 0.444 e. The van der Waals surface area contributed by atoms with E-state index in [1.807, 2.05) is 20.8 Å². The molecule has 1 saturated heterocycles. The highest BCUT2D eigenvalue weighted by molar-refractivity contribution is 7.10. The van der Waals surface area contributed by atoms with E-state index in [1.54, 1.807) is 11.3 Å². The molecule has 0 spiro atoms. The second kappa shape index (κ2) is 8.56. The number of alkyl carbamates (subject to hydrolysis) is 1. The summed E-state index contributed by atoms with van der Waals surface area (Å²) in [7, 11) is 0. The number of hydrogen-bond donors (Lipinski definition) is 2. The topological polar surface area (TPSA) is 66.0 Å². The van der Waals surface area contributed by atoms with Crippen molar-refractivity contribution in [1.82, 2.24) is 15.5 Å². The van der Waals surface area contributed by atoms with Gasteiger partial charge in [-0.3, -0.25) is 0 Å². The molecule has 2 heterocycles. The fraction of sp³-hybridized carbons (Fsp3) is 0.667. The number of aliphatic imine (C=N–C) groups is 1. The summed E-state index contributed by atoms with van der Waals surface area (Å²) in [5.41, 5.74) is 0.813. The molecule has 1 unspecified atom stereocenters. The maximum absolute atomic E-state index is 11.9. The predicted molar refractivity (Wildman–Crippen MR) is 103 cm³/mol. The van der Waals surface area contributed by atoms with E-state index < -0.39 is 5.60 Å². The molecule has 6 nitrogen and oxygen atoms in total. The van der Waals surface area contributed by atoms with Gasteiger partial charge in [-0.2, -0.15) is 0 Å². The molecule has 1 amide bonds. The number of hydrogen-bond acceptors (Lipinski definition) is 4. The van der Waals surface area contributed by atoms with Crippen molar-refractivity contribution >= 4 is 23.4 Å². The second-order valence-corrected chi connectivity index (χ2v) is 8.28. The SMILES string of the molecule is CCNC(=NCc1sccc1C)N1CCC(NC(=O)OC(C)(C)C)C1. The molecule has 25 heavy (non-hydrogen) atoms. The molecule has 0 bridgehead atoms. The first-order valence-corrected chi connectivity index (χ1v) is 9.72. The minimum Gasteiger partial charge on any atom is -0.444 e. The van der Waals surface area contributed by atoms with E-state index in [-0.39, 0.29) is 12.1 Å². The van der Waals surface area contributed by atoms with Crippen molar-refractivity contribution in [3.05, 3.63) is 21.9 Å². The summed E-state index contributed by atoms with van der Waals surface area (Å²) >= 11 is 1.74. The van der Waals surface area contributed by atoms with E-state index >= 15 is 0 Å². The van der Waals surface area contributed by atoms with Crippen LogP contribution in [0, 0.1) is 6.92 Å². The lowest BCUT2D eigenvalue weighted by Crippen LogP contribution is -2.44. The number of ether oxygens (including phenoxy) is 1. The summed E-state index contributed by atoms with van der Waals surface area (Å²) in [4.78, 5) is 20.2. The Balaban J connectivity index is 1.92. The third-order valence-corrected chi connectivity index (χ3v) is 4.89. The Kier molecular flexibility index (Phi) is 6.70. The molecule has 0 aromatic carbocycles. The lowest BCUT2D eigenvalue weighted by molar-refractivity contribution is 0.0507. The number of nitrogens with one attached hydrogen (secondary N) is 2. The summed E-state index contributed by atoms with van der Waals surface area (Å²) in [6, 6.07) is 2.21. The van der Waals surface area contributed by atoms with Gasteiger partial charge in [0.2, 0.25) is 0 Å². The summed E-state index contributed by atoms with van der Waals surface area (Å²) in [5, 5.41) is 8.41. The standard InChI is InChI=1S/C18H30N4O2S/c1-6-19-16(20-11-15-13(2)8-10-25-15)22-9-7-14(12-22)21-17(23)24-18(3,4)5/h8,10,14H,6-7,9,11-12H2,1-5H3,(H,19,20)(H,21,23). The van der Waals surface area contributed by atoms with Crippen molar-refractivity contribution in [3.63, 3.8) is 0 Å². The quantitative estimate of drug-likeness (QED) is 0.635. The molecule has 0 radical (unpaired) electrons. The van der Waals surface area contributed by atoms with Crippen LogP contribution < -0.4 is 10.6 Å². The monoisotopic (exact) mass is 366 g/mol. The lowest BCUT2D eigenvalue weighted by Gasteiger charge is -2.23. The number of carbonyl (C=O) groups excluding carboxylic acids is 1. The van der Waals surface area contributed by atoms with E-state index in [0.29, 0.717) is 6.54 Å². The predicted octanol–water partition coefficient (Wildman–Crippen LogP) is 3.12. The molecule has 1 aliphatic rings. The van der Waals surface area contributed by atoms with Crippen molar-refractivity contribution in [2.75, 3.05) is 19.6 Å². The van der Waals surface area contributed by atoms with Gasteiger partial charge in [0.15, 0.2) is 5.96 Å². The van der Waals surface area contributed by atoms with Crippen LogP contribution in [0.5, 0.6) is 0 Å². The summed E-state index contributed by atoms with van der Waals surface area (Å²) in [6.07, 6.45) is 0.539. The van der Waals surface area contributed by atoms with E-state index in [4.69, 9.17) is 9.73 Å². The highest BCUT2D eigenvalue weighted by atomic mass is 32.1. The average molecular weight is 367 g/mol. The fourth-order valence-electron chi connectivity index (χ4n) is 2.68. The minimum absolute atomic E-state index is 0.0854. The fourth-order valence-corrected chi connectivity index (χ4v) is 3.51. The number of likely N-dealkylation sites (tertiary alicyclic amines) is 1. The van der Waals surface area contributed by atoms with Gasteiger partial charge in [0.05, 0.1) is 12.6 Å². The van der Waals surface area contributed by atoms with Crippen molar-refractivity contribution < 1.29 is 9.53 Å². The minimum atomic E-state index is -0.475. The van der Waals surface area contributed by atoms with Gasteiger partial charge in [-0.15, -0.1) is 11.3 Å². The number of rotatable bonds is 4.